The van der Waals surface area contributed by atoms with Gasteiger partial charge in [-0.15, -0.1) is 0 Å². The molecule has 2 aromatic rings. The van der Waals surface area contributed by atoms with Crippen LogP contribution < -0.4 is 5.56 Å². The van der Waals surface area contributed by atoms with Gasteiger partial charge in [0.2, 0.25) is 0 Å². The number of nitrogens with one attached hydrogen (secondary N) is 1. The van der Waals surface area contributed by atoms with Crippen LogP contribution >= 0.6 is 23.1 Å². The van der Waals surface area contributed by atoms with Crippen molar-refractivity contribution >= 4 is 29.1 Å². The van der Waals surface area contributed by atoms with Gasteiger partial charge in [-0.05, 0) is 18.7 Å². The summed E-state index contributed by atoms with van der Waals surface area (Å²) in [5.74, 6) is -1.01. The number of hydrogen-bond acceptors (Lipinski definition) is 6. The first-order chi connectivity index (χ1) is 8.08. The Hall–Kier alpha value is -1.67. The number of nitrogens with zero attached hydrogens (tertiary/aromatic N) is 2. The normalized spacial score (nSPS) is 10.4. The lowest BCUT2D eigenvalue weighted by molar-refractivity contribution is 0.0701. The summed E-state index contributed by atoms with van der Waals surface area (Å²) in [6.07, 6.45) is 2.89. The lowest BCUT2D eigenvalue weighted by Gasteiger charge is -1.93. The highest BCUT2D eigenvalue weighted by Gasteiger charge is 2.15. The Morgan fingerprint density at radius 2 is 2.35 bits per heavy atom. The Labute approximate surface area is 104 Å². The second-order valence-electron chi connectivity index (χ2n) is 3.02. The van der Waals surface area contributed by atoms with E-state index < -0.39 is 5.97 Å². The van der Waals surface area contributed by atoms with Gasteiger partial charge in [0.05, 0.1) is 5.69 Å². The van der Waals surface area contributed by atoms with Crippen molar-refractivity contribution in [3.05, 3.63) is 33.3 Å². The number of rotatable bonds is 3. The number of carboxylic acid groups (broad SMARTS) is 1. The standard InChI is InChI=1S/C9H7N3O3S2/c1-4-5(8(14)15)16-9(12-4)17-7-6(13)10-2-3-11-7/h2-3H,1H3,(H,10,13)(H,14,15). The van der Waals surface area contributed by atoms with Crippen molar-refractivity contribution in [1.29, 1.82) is 0 Å². The lowest BCUT2D eigenvalue weighted by atomic mass is 10.4. The van der Waals surface area contributed by atoms with Crippen molar-refractivity contribution in [3.8, 4) is 0 Å². The Morgan fingerprint density at radius 1 is 1.59 bits per heavy atom. The maximum atomic E-state index is 11.4. The molecule has 2 N–H and O–H groups in total. The fraction of sp³-hybridized carbons (Fsp3) is 0.111. The number of thiazole rings is 1. The molecular formula is C9H7N3O3S2. The van der Waals surface area contributed by atoms with Gasteiger partial charge >= 0.3 is 5.97 Å². The van der Waals surface area contributed by atoms with E-state index in [0.29, 0.717) is 10.0 Å². The van der Waals surface area contributed by atoms with E-state index in [4.69, 9.17) is 5.11 Å². The zero-order chi connectivity index (χ0) is 12.4. The third-order valence-electron chi connectivity index (χ3n) is 1.83. The molecule has 0 amide bonds. The van der Waals surface area contributed by atoms with Crippen LogP contribution in [0.25, 0.3) is 0 Å². The maximum Gasteiger partial charge on any atom is 0.347 e. The number of aromatic amines is 1. The first kappa shape index (κ1) is 11.8. The van der Waals surface area contributed by atoms with E-state index in [0.717, 1.165) is 23.1 Å². The van der Waals surface area contributed by atoms with Gasteiger partial charge in [-0.1, -0.05) is 11.3 Å². The average Bonchev–Trinajstić information content (AvgIpc) is 2.63. The minimum absolute atomic E-state index is 0.180. The number of H-pyrrole nitrogens is 1. The Balaban J connectivity index is 2.32. The Morgan fingerprint density at radius 3 is 2.94 bits per heavy atom. The highest BCUT2D eigenvalue weighted by molar-refractivity contribution is 8.01. The van der Waals surface area contributed by atoms with Crippen LogP contribution in [0.15, 0.2) is 26.6 Å². The fourth-order valence-electron chi connectivity index (χ4n) is 1.11. The molecule has 0 aromatic carbocycles. The largest absolute Gasteiger partial charge is 0.477 e. The molecule has 0 aliphatic carbocycles. The third-order valence-corrected chi connectivity index (χ3v) is 4.02. The van der Waals surface area contributed by atoms with E-state index in [2.05, 4.69) is 15.0 Å². The molecule has 2 aromatic heterocycles. The van der Waals surface area contributed by atoms with Gasteiger partial charge in [0.15, 0.2) is 9.37 Å². The zero-order valence-corrected chi connectivity index (χ0v) is 10.3. The van der Waals surface area contributed by atoms with E-state index in [9.17, 15) is 9.59 Å². The van der Waals surface area contributed by atoms with Gasteiger partial charge in [-0.3, -0.25) is 4.79 Å². The zero-order valence-electron chi connectivity index (χ0n) is 8.63. The van der Waals surface area contributed by atoms with Crippen molar-refractivity contribution in [2.75, 3.05) is 0 Å². The van der Waals surface area contributed by atoms with Crippen molar-refractivity contribution < 1.29 is 9.90 Å². The predicted molar refractivity (Wildman–Crippen MR) is 62.8 cm³/mol. The fourth-order valence-corrected chi connectivity index (χ4v) is 3.01. The van der Waals surface area contributed by atoms with Crippen molar-refractivity contribution in [3.63, 3.8) is 0 Å². The van der Waals surface area contributed by atoms with Crippen LogP contribution in [0.2, 0.25) is 0 Å². The van der Waals surface area contributed by atoms with Crippen LogP contribution in [0.4, 0.5) is 0 Å². The summed E-state index contributed by atoms with van der Waals surface area (Å²) in [7, 11) is 0. The van der Waals surface area contributed by atoms with Gasteiger partial charge in [-0.25, -0.2) is 14.8 Å². The molecular weight excluding hydrogens is 262 g/mol. The number of carboxylic acids is 1. The molecule has 0 spiro atoms. The molecule has 8 heteroatoms. The molecule has 88 valence electrons. The molecule has 2 heterocycles. The summed E-state index contributed by atoms with van der Waals surface area (Å²) >= 11 is 2.09. The lowest BCUT2D eigenvalue weighted by Crippen LogP contribution is -2.08. The van der Waals surface area contributed by atoms with Gasteiger partial charge < -0.3 is 10.1 Å². The SMILES string of the molecule is Cc1nc(Sc2ncc[nH]c2=O)sc1C(=O)O. The molecule has 0 aliphatic rings. The first-order valence-corrected chi connectivity index (χ1v) is 6.13. The monoisotopic (exact) mass is 269 g/mol. The number of carbonyl (C=O) groups is 1. The summed E-state index contributed by atoms with van der Waals surface area (Å²) in [4.78, 5) is 32.8. The van der Waals surface area contributed by atoms with E-state index in [1.807, 2.05) is 0 Å². The van der Waals surface area contributed by atoms with Crippen molar-refractivity contribution in [1.82, 2.24) is 15.0 Å². The number of aryl methyl sites for hydroxylation is 1. The Kier molecular flexibility index (Phi) is 3.25. The first-order valence-electron chi connectivity index (χ1n) is 4.50. The number of aromatic nitrogens is 3. The molecule has 6 nitrogen and oxygen atoms in total. The van der Waals surface area contributed by atoms with Gasteiger partial charge in [-0.2, -0.15) is 0 Å². The molecule has 17 heavy (non-hydrogen) atoms. The molecule has 0 atom stereocenters. The van der Waals surface area contributed by atoms with E-state index in [1.165, 1.54) is 12.4 Å². The van der Waals surface area contributed by atoms with E-state index >= 15 is 0 Å². The Bertz CT molecular complexity index is 620. The van der Waals surface area contributed by atoms with Crippen molar-refractivity contribution in [2.45, 2.75) is 16.3 Å². The van der Waals surface area contributed by atoms with E-state index in [1.54, 1.807) is 6.92 Å². The third kappa shape index (κ3) is 2.53. The molecule has 0 bridgehead atoms. The average molecular weight is 269 g/mol. The molecule has 0 fully saturated rings. The smallest absolute Gasteiger partial charge is 0.347 e. The summed E-state index contributed by atoms with van der Waals surface area (Å²) in [5, 5.41) is 9.13. The van der Waals surface area contributed by atoms with Crippen molar-refractivity contribution in [2.24, 2.45) is 0 Å². The molecule has 0 aliphatic heterocycles. The van der Waals surface area contributed by atoms with Crippen LogP contribution in [-0.2, 0) is 0 Å². The van der Waals surface area contributed by atoms with Crippen LogP contribution in [-0.4, -0.2) is 26.0 Å². The summed E-state index contributed by atoms with van der Waals surface area (Å²) < 4.78 is 0.490. The summed E-state index contributed by atoms with van der Waals surface area (Å²) in [6, 6.07) is 0. The molecule has 0 radical (unpaired) electrons. The molecule has 0 saturated carbocycles. The van der Waals surface area contributed by atoms with E-state index in [-0.39, 0.29) is 15.5 Å². The quantitative estimate of drug-likeness (QED) is 0.874. The second-order valence-corrected chi connectivity index (χ2v) is 5.26. The number of hydrogen-bond donors (Lipinski definition) is 2. The topological polar surface area (TPSA) is 95.9 Å². The predicted octanol–water partition coefficient (Wildman–Crippen LogP) is 1.38. The molecule has 0 unspecified atom stereocenters. The molecule has 2 rings (SSSR count). The second kappa shape index (κ2) is 4.68. The van der Waals surface area contributed by atoms with Gasteiger partial charge in [0, 0.05) is 12.4 Å². The minimum atomic E-state index is -1.01. The van der Waals surface area contributed by atoms with Gasteiger partial charge in [0.1, 0.15) is 4.88 Å². The summed E-state index contributed by atoms with van der Waals surface area (Å²) in [5.41, 5.74) is 0.125. The van der Waals surface area contributed by atoms with Crippen LogP contribution in [0.3, 0.4) is 0 Å². The van der Waals surface area contributed by atoms with Gasteiger partial charge in [0.25, 0.3) is 5.56 Å². The maximum absolute atomic E-state index is 11.4. The van der Waals surface area contributed by atoms with Crippen LogP contribution in [0.5, 0.6) is 0 Å². The molecule has 0 saturated heterocycles. The summed E-state index contributed by atoms with van der Waals surface area (Å²) in [6.45, 7) is 1.62. The van der Waals surface area contributed by atoms with Crippen LogP contribution in [0, 0.1) is 6.92 Å². The highest BCUT2D eigenvalue weighted by Crippen LogP contribution is 2.30. The van der Waals surface area contributed by atoms with Crippen LogP contribution in [0.1, 0.15) is 15.4 Å². The minimum Gasteiger partial charge on any atom is -0.477 e. The number of aromatic carboxylic acids is 1. The highest BCUT2D eigenvalue weighted by atomic mass is 32.2.